The number of hydrogen-bond acceptors (Lipinski definition) is 6. The van der Waals surface area contributed by atoms with Crippen LogP contribution in [0.3, 0.4) is 0 Å². The summed E-state index contributed by atoms with van der Waals surface area (Å²) < 4.78 is 32.4. The van der Waals surface area contributed by atoms with Gasteiger partial charge in [-0.15, -0.1) is 0 Å². The summed E-state index contributed by atoms with van der Waals surface area (Å²) in [5, 5.41) is 11.8. The first kappa shape index (κ1) is 21.0. The molecule has 0 aliphatic carbocycles. The summed E-state index contributed by atoms with van der Waals surface area (Å²) in [5.41, 5.74) is 2.74. The molecule has 0 aliphatic rings. The van der Waals surface area contributed by atoms with Crippen molar-refractivity contribution in [3.05, 3.63) is 65.4 Å². The Balaban J connectivity index is 2.14. The quantitative estimate of drug-likeness (QED) is 0.419. The highest BCUT2D eigenvalue weighted by molar-refractivity contribution is 7.92. The summed E-state index contributed by atoms with van der Waals surface area (Å²) in [6.45, 7) is 5.60. The molecular weight excluding hydrogens is 378 g/mol. The fraction of sp³-hybridized carbons (Fsp3) is 0.200. The summed E-state index contributed by atoms with van der Waals surface area (Å²) in [6, 6.07) is 13.1. The second-order valence-corrected chi connectivity index (χ2v) is 7.72. The third-order valence-corrected chi connectivity index (χ3v) is 5.03. The molecule has 0 radical (unpaired) electrons. The molecule has 0 unspecified atom stereocenters. The van der Waals surface area contributed by atoms with Gasteiger partial charge in [0.15, 0.2) is 5.57 Å². The average molecular weight is 399 g/mol. The number of ether oxygens (including phenoxy) is 1. The summed E-state index contributed by atoms with van der Waals surface area (Å²) in [4.78, 5) is 11.7. The molecule has 0 aliphatic heterocycles. The van der Waals surface area contributed by atoms with Gasteiger partial charge in [0.1, 0.15) is 6.07 Å². The minimum Gasteiger partial charge on any atom is -0.462 e. The Kier molecular flexibility index (Phi) is 6.79. The van der Waals surface area contributed by atoms with Crippen LogP contribution in [0.1, 0.15) is 18.1 Å². The minimum absolute atomic E-state index is 0.0899. The Morgan fingerprint density at radius 2 is 1.71 bits per heavy atom. The van der Waals surface area contributed by atoms with Gasteiger partial charge in [-0.05, 0) is 68.3 Å². The molecule has 0 amide bonds. The number of sulfonamides is 1. The highest BCUT2D eigenvalue weighted by atomic mass is 32.2. The lowest BCUT2D eigenvalue weighted by Crippen LogP contribution is -2.13. The number of anilines is 2. The molecule has 2 N–H and O–H groups in total. The molecular formula is C20H21N3O4S. The molecule has 7 nitrogen and oxygen atoms in total. The second kappa shape index (κ2) is 9.06. The molecule has 2 aromatic carbocycles. The molecule has 0 saturated heterocycles. The zero-order valence-electron chi connectivity index (χ0n) is 15.8. The van der Waals surface area contributed by atoms with Gasteiger partial charge in [0, 0.05) is 17.6 Å². The number of carbonyl (C=O) groups is 1. The molecule has 2 rings (SSSR count). The molecule has 0 saturated carbocycles. The summed E-state index contributed by atoms with van der Waals surface area (Å²) in [7, 11) is -3.74. The van der Waals surface area contributed by atoms with Crippen molar-refractivity contribution in [3.63, 3.8) is 0 Å². The molecule has 0 heterocycles. The van der Waals surface area contributed by atoms with Gasteiger partial charge in [0.25, 0.3) is 10.0 Å². The van der Waals surface area contributed by atoms with E-state index >= 15 is 0 Å². The van der Waals surface area contributed by atoms with Crippen molar-refractivity contribution < 1.29 is 17.9 Å². The van der Waals surface area contributed by atoms with Crippen LogP contribution in [0.2, 0.25) is 0 Å². The topological polar surface area (TPSA) is 108 Å². The van der Waals surface area contributed by atoms with Crippen molar-refractivity contribution in [1.82, 2.24) is 0 Å². The Bertz CT molecular complexity index is 1020. The van der Waals surface area contributed by atoms with Crippen molar-refractivity contribution in [2.24, 2.45) is 0 Å². The lowest BCUT2D eigenvalue weighted by Gasteiger charge is -2.10. The van der Waals surface area contributed by atoms with Crippen LogP contribution in [0.25, 0.3) is 0 Å². The Morgan fingerprint density at radius 3 is 2.25 bits per heavy atom. The van der Waals surface area contributed by atoms with Crippen LogP contribution in [0.5, 0.6) is 0 Å². The fourth-order valence-electron chi connectivity index (χ4n) is 2.48. The van der Waals surface area contributed by atoms with Crippen LogP contribution in [-0.2, 0) is 19.6 Å². The first-order valence-corrected chi connectivity index (χ1v) is 9.98. The van der Waals surface area contributed by atoms with Crippen LogP contribution in [0, 0.1) is 25.2 Å². The second-order valence-electron chi connectivity index (χ2n) is 6.04. The number of nitriles is 1. The smallest absolute Gasteiger partial charge is 0.350 e. The third-order valence-electron chi connectivity index (χ3n) is 3.64. The monoisotopic (exact) mass is 399 g/mol. The molecule has 8 heteroatoms. The van der Waals surface area contributed by atoms with Crippen molar-refractivity contribution in [3.8, 4) is 6.07 Å². The van der Waals surface area contributed by atoms with Gasteiger partial charge < -0.3 is 10.1 Å². The first-order chi connectivity index (χ1) is 13.2. The highest BCUT2D eigenvalue weighted by Crippen LogP contribution is 2.20. The maximum absolute atomic E-state index is 12.6. The van der Waals surface area contributed by atoms with E-state index < -0.39 is 16.0 Å². The lowest BCUT2D eigenvalue weighted by atomic mass is 10.1. The van der Waals surface area contributed by atoms with Gasteiger partial charge in [-0.25, -0.2) is 13.2 Å². The normalized spacial score (nSPS) is 11.4. The Hall–Kier alpha value is -3.31. The predicted octanol–water partition coefficient (Wildman–Crippen LogP) is 3.49. The minimum atomic E-state index is -3.74. The largest absolute Gasteiger partial charge is 0.462 e. The lowest BCUT2D eigenvalue weighted by molar-refractivity contribution is -0.138. The highest BCUT2D eigenvalue weighted by Gasteiger charge is 2.14. The van der Waals surface area contributed by atoms with E-state index in [-0.39, 0.29) is 17.1 Å². The number of rotatable bonds is 7. The number of benzene rings is 2. The third kappa shape index (κ3) is 5.59. The van der Waals surface area contributed by atoms with Crippen molar-refractivity contribution in [2.75, 3.05) is 16.6 Å². The van der Waals surface area contributed by atoms with Gasteiger partial charge in [-0.2, -0.15) is 5.26 Å². The number of esters is 1. The maximum atomic E-state index is 12.6. The molecule has 28 heavy (non-hydrogen) atoms. The van der Waals surface area contributed by atoms with E-state index in [1.165, 1.54) is 30.5 Å². The van der Waals surface area contributed by atoms with Crippen LogP contribution in [0.15, 0.2) is 59.1 Å². The van der Waals surface area contributed by atoms with E-state index in [0.29, 0.717) is 11.4 Å². The fourth-order valence-corrected chi connectivity index (χ4v) is 3.52. The zero-order valence-corrected chi connectivity index (χ0v) is 16.6. The molecule has 0 aromatic heterocycles. The van der Waals surface area contributed by atoms with E-state index in [0.717, 1.165) is 11.1 Å². The first-order valence-electron chi connectivity index (χ1n) is 8.50. The zero-order chi connectivity index (χ0) is 20.7. The standard InChI is InChI=1S/C20H21N3O4S/c1-4-27-20(24)16(12-21)13-22-17-5-7-19(8-6-17)28(25,26)23-18-10-14(2)9-15(3)11-18/h5-11,13,22-23H,4H2,1-3H3/b16-13-. The number of nitrogens with zero attached hydrogens (tertiary/aromatic N) is 1. The SMILES string of the molecule is CCOC(=O)/C(C#N)=C\Nc1ccc(S(=O)(=O)Nc2cc(C)cc(C)c2)cc1. The van der Waals surface area contributed by atoms with Crippen LogP contribution in [0.4, 0.5) is 11.4 Å². The van der Waals surface area contributed by atoms with Crippen molar-refractivity contribution in [1.29, 1.82) is 5.26 Å². The van der Waals surface area contributed by atoms with E-state index in [1.807, 2.05) is 19.9 Å². The summed E-state index contributed by atoms with van der Waals surface area (Å²) >= 11 is 0. The molecule has 2 aromatic rings. The Labute approximate surface area is 164 Å². The molecule has 0 bridgehead atoms. The number of hydrogen-bond donors (Lipinski definition) is 2. The number of aryl methyl sites for hydroxylation is 2. The van der Waals surface area contributed by atoms with E-state index in [9.17, 15) is 13.2 Å². The molecule has 0 spiro atoms. The number of nitrogens with one attached hydrogen (secondary N) is 2. The summed E-state index contributed by atoms with van der Waals surface area (Å²) in [5.74, 6) is -0.727. The van der Waals surface area contributed by atoms with Gasteiger partial charge in [-0.1, -0.05) is 6.07 Å². The summed E-state index contributed by atoms with van der Waals surface area (Å²) in [6.07, 6.45) is 1.22. The van der Waals surface area contributed by atoms with Crippen LogP contribution in [-0.4, -0.2) is 21.0 Å². The van der Waals surface area contributed by atoms with Crippen molar-refractivity contribution in [2.45, 2.75) is 25.7 Å². The van der Waals surface area contributed by atoms with Crippen LogP contribution >= 0.6 is 0 Å². The van der Waals surface area contributed by atoms with Gasteiger partial charge in [-0.3, -0.25) is 4.72 Å². The average Bonchev–Trinajstić information content (AvgIpc) is 2.61. The van der Waals surface area contributed by atoms with Crippen LogP contribution < -0.4 is 10.0 Å². The molecule has 0 atom stereocenters. The van der Waals surface area contributed by atoms with Crippen molar-refractivity contribution >= 4 is 27.4 Å². The van der Waals surface area contributed by atoms with E-state index in [1.54, 1.807) is 25.1 Å². The van der Waals surface area contributed by atoms with E-state index in [2.05, 4.69) is 10.0 Å². The Morgan fingerprint density at radius 1 is 1.11 bits per heavy atom. The maximum Gasteiger partial charge on any atom is 0.350 e. The van der Waals surface area contributed by atoms with Gasteiger partial charge in [0.05, 0.1) is 11.5 Å². The molecule has 0 fully saturated rings. The van der Waals surface area contributed by atoms with E-state index in [4.69, 9.17) is 10.00 Å². The number of carbonyl (C=O) groups excluding carboxylic acids is 1. The predicted molar refractivity (Wildman–Crippen MR) is 107 cm³/mol. The van der Waals surface area contributed by atoms with Gasteiger partial charge in [0.2, 0.25) is 0 Å². The van der Waals surface area contributed by atoms with Gasteiger partial charge >= 0.3 is 5.97 Å². The molecule has 146 valence electrons.